The van der Waals surface area contributed by atoms with Crippen molar-refractivity contribution < 1.29 is 14.3 Å². The summed E-state index contributed by atoms with van der Waals surface area (Å²) in [6, 6.07) is 8.12. The summed E-state index contributed by atoms with van der Waals surface area (Å²) < 4.78 is 13.0. The van der Waals surface area contributed by atoms with Gasteiger partial charge in [0.2, 0.25) is 0 Å². The first-order valence-corrected chi connectivity index (χ1v) is 7.07. The molecule has 0 spiro atoms. The Morgan fingerprint density at radius 2 is 1.90 bits per heavy atom. The number of benzene rings is 1. The van der Waals surface area contributed by atoms with Crippen LogP contribution in [0.25, 0.3) is 10.4 Å². The van der Waals surface area contributed by atoms with Gasteiger partial charge in [0.25, 0.3) is 0 Å². The number of hydrogen-bond acceptors (Lipinski definition) is 3. The van der Waals surface area contributed by atoms with E-state index < -0.39 is 5.97 Å². The molecule has 0 atom stereocenters. The van der Waals surface area contributed by atoms with Crippen molar-refractivity contribution in [2.24, 2.45) is 0 Å². The number of halogens is 1. The lowest BCUT2D eigenvalue weighted by Gasteiger charge is -2.23. The Morgan fingerprint density at radius 3 is 2.40 bits per heavy atom. The van der Waals surface area contributed by atoms with Crippen LogP contribution >= 0.6 is 11.3 Å². The molecule has 0 amide bonds. The van der Waals surface area contributed by atoms with E-state index >= 15 is 0 Å². The molecule has 0 saturated carbocycles. The molecule has 5 heteroatoms. The van der Waals surface area contributed by atoms with Crippen LogP contribution in [-0.2, 0) is 0 Å². The van der Waals surface area contributed by atoms with Crippen LogP contribution in [0.2, 0.25) is 0 Å². The van der Waals surface area contributed by atoms with Crippen LogP contribution < -0.4 is 4.90 Å². The van der Waals surface area contributed by atoms with Crippen LogP contribution in [0.4, 0.5) is 10.1 Å². The monoisotopic (exact) mass is 293 g/mol. The summed E-state index contributed by atoms with van der Waals surface area (Å²) in [6.45, 7) is 4.00. The first-order chi connectivity index (χ1) is 9.40. The van der Waals surface area contributed by atoms with Crippen LogP contribution in [0, 0.1) is 5.82 Å². The number of hydrogen-bond donors (Lipinski definition) is 1. The van der Waals surface area contributed by atoms with Crippen LogP contribution in [0.5, 0.6) is 0 Å². The summed E-state index contributed by atoms with van der Waals surface area (Å²) in [6.07, 6.45) is 0. The second-order valence-electron chi connectivity index (χ2n) is 4.84. The quantitative estimate of drug-likeness (QED) is 0.922. The van der Waals surface area contributed by atoms with Crippen LogP contribution in [0.15, 0.2) is 30.3 Å². The predicted molar refractivity (Wildman–Crippen MR) is 80.2 cm³/mol. The van der Waals surface area contributed by atoms with E-state index in [1.54, 1.807) is 12.1 Å². The van der Waals surface area contributed by atoms with Crippen molar-refractivity contribution in [1.82, 2.24) is 0 Å². The van der Waals surface area contributed by atoms with Gasteiger partial charge in [-0.2, -0.15) is 0 Å². The lowest BCUT2D eigenvalue weighted by Crippen LogP contribution is -2.26. The maximum Gasteiger partial charge on any atom is 0.348 e. The minimum absolute atomic E-state index is 0.198. The maximum atomic E-state index is 13.0. The lowest BCUT2D eigenvalue weighted by atomic mass is 10.1. The van der Waals surface area contributed by atoms with E-state index in [0.29, 0.717) is 10.6 Å². The highest BCUT2D eigenvalue weighted by molar-refractivity contribution is 7.18. The highest BCUT2D eigenvalue weighted by Crippen LogP contribution is 2.37. The Bertz CT molecular complexity index is 619. The van der Waals surface area contributed by atoms with Gasteiger partial charge in [0.05, 0.1) is 5.69 Å². The molecule has 20 heavy (non-hydrogen) atoms. The summed E-state index contributed by atoms with van der Waals surface area (Å²) in [4.78, 5) is 14.4. The minimum atomic E-state index is -0.939. The first-order valence-electron chi connectivity index (χ1n) is 6.26. The fraction of sp³-hybridized carbons (Fsp3) is 0.267. The number of aromatic carboxylic acids is 1. The number of nitrogens with zero attached hydrogens (tertiary/aromatic N) is 1. The average molecular weight is 293 g/mol. The number of carboxylic acids is 1. The summed E-state index contributed by atoms with van der Waals surface area (Å²) in [5.41, 5.74) is 1.51. The van der Waals surface area contributed by atoms with Crippen LogP contribution in [-0.4, -0.2) is 24.2 Å². The molecular formula is C15H16FNO2S. The van der Waals surface area contributed by atoms with E-state index in [4.69, 9.17) is 0 Å². The molecule has 1 heterocycles. The van der Waals surface area contributed by atoms with E-state index in [1.807, 2.05) is 31.9 Å². The molecule has 0 unspecified atom stereocenters. The lowest BCUT2D eigenvalue weighted by molar-refractivity contribution is 0.0703. The molecule has 0 aliphatic rings. The number of carbonyl (C=O) groups is 1. The molecule has 0 aliphatic heterocycles. The van der Waals surface area contributed by atoms with Crippen molar-refractivity contribution in [3.63, 3.8) is 0 Å². The van der Waals surface area contributed by atoms with Crippen molar-refractivity contribution in [1.29, 1.82) is 0 Å². The Labute approximate surface area is 121 Å². The van der Waals surface area contributed by atoms with Crippen LogP contribution in [0.3, 0.4) is 0 Å². The smallest absolute Gasteiger partial charge is 0.348 e. The van der Waals surface area contributed by atoms with Gasteiger partial charge >= 0.3 is 5.97 Å². The highest BCUT2D eigenvalue weighted by Gasteiger charge is 2.20. The molecule has 0 radical (unpaired) electrons. The summed E-state index contributed by atoms with van der Waals surface area (Å²) in [5, 5.41) is 9.32. The summed E-state index contributed by atoms with van der Waals surface area (Å²) in [7, 11) is 1.87. The van der Waals surface area contributed by atoms with E-state index in [1.165, 1.54) is 23.5 Å². The zero-order chi connectivity index (χ0) is 14.9. The van der Waals surface area contributed by atoms with Gasteiger partial charge in [0.1, 0.15) is 10.7 Å². The first kappa shape index (κ1) is 14.5. The van der Waals surface area contributed by atoms with Gasteiger partial charge in [-0.25, -0.2) is 9.18 Å². The Hall–Kier alpha value is -1.88. The third-order valence-corrected chi connectivity index (χ3v) is 4.35. The highest BCUT2D eigenvalue weighted by atomic mass is 32.1. The predicted octanol–water partition coefficient (Wildman–Crippen LogP) is 4.10. The third kappa shape index (κ3) is 2.82. The standard InChI is InChI=1S/C15H16FNO2S/c1-9(2)17(3)12-8-13(20-14(12)15(18)19)10-4-6-11(16)7-5-10/h4-9H,1-3H3,(H,18,19). The van der Waals surface area contributed by atoms with Crippen LogP contribution in [0.1, 0.15) is 23.5 Å². The van der Waals surface area contributed by atoms with Crippen molar-refractivity contribution in [3.05, 3.63) is 41.0 Å². The zero-order valence-electron chi connectivity index (χ0n) is 11.6. The molecule has 3 nitrogen and oxygen atoms in total. The van der Waals surface area contributed by atoms with Crippen molar-refractivity contribution in [2.75, 3.05) is 11.9 Å². The SMILES string of the molecule is CC(C)N(C)c1cc(-c2ccc(F)cc2)sc1C(=O)O. The molecule has 0 bridgehead atoms. The van der Waals surface area contributed by atoms with Gasteiger partial charge in [-0.05, 0) is 37.6 Å². The average Bonchev–Trinajstić information content (AvgIpc) is 2.83. The zero-order valence-corrected chi connectivity index (χ0v) is 12.4. The van der Waals surface area contributed by atoms with Gasteiger partial charge in [-0.15, -0.1) is 11.3 Å². The summed E-state index contributed by atoms with van der Waals surface area (Å²) >= 11 is 1.21. The van der Waals surface area contributed by atoms with Crippen molar-refractivity contribution in [3.8, 4) is 10.4 Å². The molecule has 0 fully saturated rings. The van der Waals surface area contributed by atoms with Crippen molar-refractivity contribution >= 4 is 23.0 Å². The number of thiophene rings is 1. The normalized spacial score (nSPS) is 10.8. The second kappa shape index (κ2) is 5.63. The Kier molecular flexibility index (Phi) is 4.09. The van der Waals surface area contributed by atoms with E-state index in [-0.39, 0.29) is 11.9 Å². The number of rotatable bonds is 4. The second-order valence-corrected chi connectivity index (χ2v) is 5.89. The summed E-state index contributed by atoms with van der Waals surface area (Å²) in [5.74, 6) is -1.24. The van der Waals surface area contributed by atoms with Gasteiger partial charge in [-0.1, -0.05) is 12.1 Å². The number of anilines is 1. The molecule has 2 rings (SSSR count). The maximum absolute atomic E-state index is 13.0. The Morgan fingerprint density at radius 1 is 1.30 bits per heavy atom. The van der Waals surface area contributed by atoms with Gasteiger partial charge in [0, 0.05) is 18.0 Å². The molecule has 0 saturated heterocycles. The largest absolute Gasteiger partial charge is 0.477 e. The molecule has 106 valence electrons. The van der Waals surface area contributed by atoms with Gasteiger partial charge in [-0.3, -0.25) is 0 Å². The number of carboxylic acid groups (broad SMARTS) is 1. The van der Waals surface area contributed by atoms with Gasteiger partial charge < -0.3 is 10.0 Å². The fourth-order valence-electron chi connectivity index (χ4n) is 1.83. The molecule has 1 N–H and O–H groups in total. The van der Waals surface area contributed by atoms with E-state index in [0.717, 1.165) is 10.4 Å². The topological polar surface area (TPSA) is 40.5 Å². The molecule has 1 aromatic heterocycles. The molecular weight excluding hydrogens is 277 g/mol. The molecule has 1 aromatic carbocycles. The fourth-order valence-corrected chi connectivity index (χ4v) is 2.87. The van der Waals surface area contributed by atoms with E-state index in [9.17, 15) is 14.3 Å². The minimum Gasteiger partial charge on any atom is -0.477 e. The third-order valence-electron chi connectivity index (χ3n) is 3.19. The van der Waals surface area contributed by atoms with E-state index in [2.05, 4.69) is 0 Å². The van der Waals surface area contributed by atoms with Gasteiger partial charge in [0.15, 0.2) is 0 Å². The van der Waals surface area contributed by atoms with Crippen molar-refractivity contribution in [2.45, 2.75) is 19.9 Å². The molecule has 2 aromatic rings. The molecule has 0 aliphatic carbocycles. The Balaban J connectivity index is 2.49.